The van der Waals surface area contributed by atoms with Gasteiger partial charge in [-0.3, -0.25) is 9.59 Å². The summed E-state index contributed by atoms with van der Waals surface area (Å²) >= 11 is 3.41. The van der Waals surface area contributed by atoms with E-state index in [9.17, 15) is 9.59 Å². The number of furan rings is 1. The summed E-state index contributed by atoms with van der Waals surface area (Å²) in [7, 11) is 0. The Hall–Kier alpha value is -2.64. The lowest BCUT2D eigenvalue weighted by Gasteiger charge is -2.23. The summed E-state index contributed by atoms with van der Waals surface area (Å²) < 4.78 is 5.41. The maximum absolute atomic E-state index is 12.5. The van der Waals surface area contributed by atoms with Crippen molar-refractivity contribution in [1.29, 1.82) is 0 Å². The Labute approximate surface area is 196 Å². The second-order valence-electron chi connectivity index (χ2n) is 7.68. The van der Waals surface area contributed by atoms with Gasteiger partial charge in [0.2, 0.25) is 5.91 Å². The number of hydrogen-bond acceptors (Lipinski definition) is 5. The van der Waals surface area contributed by atoms with Crippen molar-refractivity contribution in [3.8, 4) is 0 Å². The number of thioether (sulfide) groups is 2. The molecule has 0 spiro atoms. The Balaban J connectivity index is 1.25. The van der Waals surface area contributed by atoms with Crippen molar-refractivity contribution in [2.45, 2.75) is 24.6 Å². The molecule has 4 rings (SSSR count). The van der Waals surface area contributed by atoms with Crippen molar-refractivity contribution in [1.82, 2.24) is 10.2 Å². The van der Waals surface area contributed by atoms with Gasteiger partial charge in [-0.25, -0.2) is 0 Å². The first kappa shape index (κ1) is 22.6. The molecule has 1 fully saturated rings. The lowest BCUT2D eigenvalue weighted by atomic mass is 10.1. The quantitative estimate of drug-likeness (QED) is 0.449. The lowest BCUT2D eigenvalue weighted by molar-refractivity contribution is -0.128. The fraction of sp³-hybridized carbons (Fsp3) is 0.280. The number of aryl methyl sites for hydroxylation is 1. The van der Waals surface area contributed by atoms with E-state index in [2.05, 4.69) is 36.5 Å². The molecule has 1 aliphatic heterocycles. The molecule has 3 aromatic rings. The van der Waals surface area contributed by atoms with Crippen LogP contribution in [0.5, 0.6) is 0 Å². The van der Waals surface area contributed by atoms with Crippen LogP contribution in [0.25, 0.3) is 0 Å². The standard InChI is InChI=1S/C25H26N2O3S2/c1-18-4-6-19(7-5-18)16-31-14-12-26-24(29)20-8-10-21(11-9-20)25-27(23(28)17-32-25)15-22-3-2-13-30-22/h2-11,13,25H,12,14-17H2,1H3,(H,26,29)/t25-/m0/s1. The smallest absolute Gasteiger partial charge is 0.251 e. The molecule has 2 aromatic carbocycles. The van der Waals surface area contributed by atoms with E-state index in [1.54, 1.807) is 18.0 Å². The van der Waals surface area contributed by atoms with Crippen molar-refractivity contribution in [2.24, 2.45) is 0 Å². The first-order chi connectivity index (χ1) is 15.6. The highest BCUT2D eigenvalue weighted by molar-refractivity contribution is 8.00. The second-order valence-corrected chi connectivity index (χ2v) is 9.85. The average molecular weight is 467 g/mol. The number of benzene rings is 2. The van der Waals surface area contributed by atoms with Crippen LogP contribution >= 0.6 is 23.5 Å². The largest absolute Gasteiger partial charge is 0.467 e. The molecule has 32 heavy (non-hydrogen) atoms. The minimum absolute atomic E-state index is 0.0668. The van der Waals surface area contributed by atoms with Crippen LogP contribution in [0.4, 0.5) is 0 Å². The number of amides is 2. The highest BCUT2D eigenvalue weighted by Gasteiger charge is 2.33. The first-order valence-corrected chi connectivity index (χ1v) is 12.8. The fourth-order valence-corrected chi connectivity index (χ4v) is 5.49. The number of nitrogens with one attached hydrogen (secondary N) is 1. The SMILES string of the molecule is Cc1ccc(CSCCNC(=O)c2ccc([C@@H]3SCC(=O)N3Cc3ccco3)cc2)cc1. The van der Waals surface area contributed by atoms with Gasteiger partial charge in [0.1, 0.15) is 11.1 Å². The molecule has 2 amide bonds. The van der Waals surface area contributed by atoms with E-state index in [-0.39, 0.29) is 17.2 Å². The van der Waals surface area contributed by atoms with Crippen LogP contribution in [0.1, 0.15) is 38.2 Å². The second kappa shape index (κ2) is 10.8. The lowest BCUT2D eigenvalue weighted by Crippen LogP contribution is -2.28. The molecule has 0 radical (unpaired) electrons. The highest BCUT2D eigenvalue weighted by atomic mass is 32.2. The van der Waals surface area contributed by atoms with Gasteiger partial charge in [0, 0.05) is 23.6 Å². The Kier molecular flexibility index (Phi) is 7.60. The van der Waals surface area contributed by atoms with E-state index in [0.29, 0.717) is 24.4 Å². The van der Waals surface area contributed by atoms with Crippen LogP contribution in [0, 0.1) is 6.92 Å². The molecule has 0 saturated carbocycles. The van der Waals surface area contributed by atoms with E-state index in [1.165, 1.54) is 11.1 Å². The number of carbonyl (C=O) groups is 2. The monoisotopic (exact) mass is 466 g/mol. The molecule has 1 aromatic heterocycles. The van der Waals surface area contributed by atoms with Crippen molar-refractivity contribution in [3.63, 3.8) is 0 Å². The van der Waals surface area contributed by atoms with Crippen molar-refractivity contribution in [3.05, 3.63) is 94.9 Å². The van der Waals surface area contributed by atoms with Gasteiger partial charge in [0.25, 0.3) is 5.91 Å². The molecule has 2 heterocycles. The zero-order chi connectivity index (χ0) is 22.3. The summed E-state index contributed by atoms with van der Waals surface area (Å²) in [6, 6.07) is 19.8. The van der Waals surface area contributed by atoms with Gasteiger partial charge >= 0.3 is 0 Å². The zero-order valence-corrected chi connectivity index (χ0v) is 19.6. The predicted octanol–water partition coefficient (Wildman–Crippen LogP) is 5.03. The molecular weight excluding hydrogens is 440 g/mol. The average Bonchev–Trinajstić information content (AvgIpc) is 3.45. The van der Waals surface area contributed by atoms with E-state index in [4.69, 9.17) is 4.42 Å². The first-order valence-electron chi connectivity index (χ1n) is 10.5. The summed E-state index contributed by atoms with van der Waals surface area (Å²) in [6.07, 6.45) is 1.62. The Bertz CT molecular complexity index is 1030. The third kappa shape index (κ3) is 5.78. The van der Waals surface area contributed by atoms with E-state index >= 15 is 0 Å². The van der Waals surface area contributed by atoms with Crippen LogP contribution < -0.4 is 5.32 Å². The maximum Gasteiger partial charge on any atom is 0.251 e. The summed E-state index contributed by atoms with van der Waals surface area (Å²) in [5, 5.41) is 2.92. The van der Waals surface area contributed by atoms with Gasteiger partial charge in [-0.15, -0.1) is 11.8 Å². The highest BCUT2D eigenvalue weighted by Crippen LogP contribution is 2.39. The van der Waals surface area contributed by atoms with Crippen LogP contribution in [0.3, 0.4) is 0 Å². The molecule has 0 aliphatic carbocycles. The summed E-state index contributed by atoms with van der Waals surface area (Å²) in [6.45, 7) is 3.16. The van der Waals surface area contributed by atoms with Gasteiger partial charge in [0.15, 0.2) is 0 Å². The molecule has 1 atom stereocenters. The van der Waals surface area contributed by atoms with Crippen molar-refractivity contribution < 1.29 is 14.0 Å². The summed E-state index contributed by atoms with van der Waals surface area (Å²) in [4.78, 5) is 26.6. The van der Waals surface area contributed by atoms with Crippen LogP contribution in [-0.4, -0.2) is 34.8 Å². The van der Waals surface area contributed by atoms with E-state index in [1.807, 2.05) is 53.1 Å². The number of carbonyl (C=O) groups excluding carboxylic acids is 2. The minimum atomic E-state index is -0.0740. The van der Waals surface area contributed by atoms with Crippen molar-refractivity contribution in [2.75, 3.05) is 18.1 Å². The van der Waals surface area contributed by atoms with Crippen LogP contribution in [-0.2, 0) is 17.1 Å². The fourth-order valence-electron chi connectivity index (χ4n) is 3.48. The number of nitrogens with zero attached hydrogens (tertiary/aromatic N) is 1. The molecule has 1 saturated heterocycles. The third-order valence-corrected chi connectivity index (χ3v) is 7.54. The normalized spacial score (nSPS) is 15.8. The van der Waals surface area contributed by atoms with Gasteiger partial charge in [-0.1, -0.05) is 42.0 Å². The zero-order valence-electron chi connectivity index (χ0n) is 18.0. The predicted molar refractivity (Wildman–Crippen MR) is 131 cm³/mol. The van der Waals surface area contributed by atoms with Crippen LogP contribution in [0.15, 0.2) is 71.3 Å². The molecule has 166 valence electrons. The topological polar surface area (TPSA) is 62.6 Å². The van der Waals surface area contributed by atoms with Gasteiger partial charge < -0.3 is 14.6 Å². The summed E-state index contributed by atoms with van der Waals surface area (Å²) in [5.74, 6) is 3.05. The molecule has 1 aliphatic rings. The third-order valence-electron chi connectivity index (χ3n) is 5.25. The van der Waals surface area contributed by atoms with Gasteiger partial charge in [-0.2, -0.15) is 11.8 Å². The van der Waals surface area contributed by atoms with Gasteiger partial charge in [-0.05, 0) is 42.3 Å². The van der Waals surface area contributed by atoms with E-state index in [0.717, 1.165) is 22.8 Å². The maximum atomic E-state index is 12.5. The van der Waals surface area contributed by atoms with Crippen molar-refractivity contribution >= 4 is 35.3 Å². The molecule has 7 heteroatoms. The molecule has 0 bridgehead atoms. The van der Waals surface area contributed by atoms with Gasteiger partial charge in [0.05, 0.1) is 18.6 Å². The van der Waals surface area contributed by atoms with E-state index < -0.39 is 0 Å². The molecular formula is C25H26N2O3S2. The molecule has 1 N–H and O–H groups in total. The Morgan fingerprint density at radius 3 is 2.66 bits per heavy atom. The number of hydrogen-bond donors (Lipinski definition) is 1. The molecule has 0 unspecified atom stereocenters. The minimum Gasteiger partial charge on any atom is -0.467 e. The van der Waals surface area contributed by atoms with Crippen LogP contribution in [0.2, 0.25) is 0 Å². The summed E-state index contributed by atoms with van der Waals surface area (Å²) in [5.41, 5.74) is 4.20. The molecule has 5 nitrogen and oxygen atoms in total. The number of rotatable bonds is 9. The Morgan fingerprint density at radius 2 is 1.94 bits per heavy atom. The Morgan fingerprint density at radius 1 is 1.16 bits per heavy atom.